The largest absolute Gasteiger partial charge is 0.426 e. The molecule has 0 aromatic heterocycles. The molecule has 0 saturated carbocycles. The second kappa shape index (κ2) is 6.47. The lowest BCUT2D eigenvalue weighted by Crippen LogP contribution is -2.39. The number of rotatable bonds is 6. The molecule has 20 heavy (non-hydrogen) atoms. The molecule has 6 nitrogen and oxygen atoms in total. The van der Waals surface area contributed by atoms with E-state index in [1.165, 1.54) is 24.3 Å². The van der Waals surface area contributed by atoms with E-state index >= 15 is 0 Å². The highest BCUT2D eigenvalue weighted by molar-refractivity contribution is 6.66. The number of esters is 1. The molecule has 0 amide bonds. The maximum Gasteiger partial charge on any atom is 0.326 e. The average Bonchev–Trinajstić information content (AvgIpc) is 2.41. The molecule has 0 heterocycles. The molecular formula is C13H14ClNO5. The van der Waals surface area contributed by atoms with Gasteiger partial charge in [0.1, 0.15) is 11.2 Å². The van der Waals surface area contributed by atoms with Crippen LogP contribution in [0.3, 0.4) is 0 Å². The fourth-order valence-electron chi connectivity index (χ4n) is 1.74. The zero-order valence-electron chi connectivity index (χ0n) is 11.1. The van der Waals surface area contributed by atoms with Gasteiger partial charge in [0, 0.05) is 12.1 Å². The van der Waals surface area contributed by atoms with Crippen molar-refractivity contribution in [3.8, 4) is 5.75 Å². The Bertz CT molecular complexity index is 522. The molecule has 1 aromatic carbocycles. The SMILES string of the molecule is CCC(CC)(C(=O)Cl)C(=O)Oc1ccc([N+](=O)[O-])cc1. The summed E-state index contributed by atoms with van der Waals surface area (Å²) in [6, 6.07) is 5.02. The topological polar surface area (TPSA) is 86.5 Å². The highest BCUT2D eigenvalue weighted by atomic mass is 35.5. The van der Waals surface area contributed by atoms with Crippen LogP contribution in [0.4, 0.5) is 5.69 Å². The summed E-state index contributed by atoms with van der Waals surface area (Å²) in [6.07, 6.45) is 0.440. The summed E-state index contributed by atoms with van der Waals surface area (Å²) in [5.41, 5.74) is -1.50. The zero-order chi connectivity index (χ0) is 15.3. The number of halogens is 1. The second-order valence-electron chi connectivity index (χ2n) is 4.20. The third-order valence-corrected chi connectivity index (χ3v) is 3.59. The summed E-state index contributed by atoms with van der Waals surface area (Å²) < 4.78 is 5.09. The quantitative estimate of drug-likeness (QED) is 0.201. The number of carbonyl (C=O) groups excluding carboxylic acids is 2. The lowest BCUT2D eigenvalue weighted by atomic mass is 9.84. The van der Waals surface area contributed by atoms with Crippen molar-refractivity contribution in [1.29, 1.82) is 0 Å². The van der Waals surface area contributed by atoms with Crippen molar-refractivity contribution in [2.24, 2.45) is 5.41 Å². The minimum atomic E-state index is -1.39. The molecule has 0 spiro atoms. The first-order valence-corrected chi connectivity index (χ1v) is 6.41. The number of nitro groups is 1. The van der Waals surface area contributed by atoms with E-state index in [9.17, 15) is 19.7 Å². The first-order valence-electron chi connectivity index (χ1n) is 6.04. The lowest BCUT2D eigenvalue weighted by Gasteiger charge is -2.24. The Morgan fingerprint density at radius 1 is 1.25 bits per heavy atom. The normalized spacial score (nSPS) is 10.9. The lowest BCUT2D eigenvalue weighted by molar-refractivity contribution is -0.384. The smallest absolute Gasteiger partial charge is 0.326 e. The van der Waals surface area contributed by atoms with Crippen molar-refractivity contribution >= 4 is 28.5 Å². The highest BCUT2D eigenvalue weighted by Gasteiger charge is 2.43. The molecule has 0 aliphatic heterocycles. The van der Waals surface area contributed by atoms with Gasteiger partial charge in [-0.3, -0.25) is 19.7 Å². The predicted molar refractivity (Wildman–Crippen MR) is 72.6 cm³/mol. The summed E-state index contributed by atoms with van der Waals surface area (Å²) in [5.74, 6) is -0.624. The van der Waals surface area contributed by atoms with Gasteiger partial charge in [-0.1, -0.05) is 13.8 Å². The van der Waals surface area contributed by atoms with Crippen molar-refractivity contribution in [2.75, 3.05) is 0 Å². The van der Waals surface area contributed by atoms with Crippen LogP contribution in [-0.2, 0) is 9.59 Å². The molecule has 0 bridgehead atoms. The number of non-ortho nitro benzene ring substituents is 1. The Morgan fingerprint density at radius 2 is 1.75 bits per heavy atom. The monoisotopic (exact) mass is 299 g/mol. The number of nitrogens with zero attached hydrogens (tertiary/aromatic N) is 1. The maximum absolute atomic E-state index is 12.1. The molecule has 0 aliphatic rings. The Balaban J connectivity index is 2.94. The number of benzene rings is 1. The first kappa shape index (κ1) is 16.1. The Hall–Kier alpha value is -1.95. The third kappa shape index (κ3) is 3.14. The summed E-state index contributed by atoms with van der Waals surface area (Å²) in [4.78, 5) is 33.5. The Labute approximate surface area is 120 Å². The van der Waals surface area contributed by atoms with Crippen LogP contribution >= 0.6 is 11.6 Å². The van der Waals surface area contributed by atoms with Crippen LogP contribution in [0.1, 0.15) is 26.7 Å². The van der Waals surface area contributed by atoms with E-state index in [-0.39, 0.29) is 24.3 Å². The van der Waals surface area contributed by atoms with Gasteiger partial charge in [0.25, 0.3) is 5.69 Å². The molecule has 0 unspecified atom stereocenters. The molecule has 108 valence electrons. The van der Waals surface area contributed by atoms with Gasteiger partial charge in [-0.2, -0.15) is 0 Å². The van der Waals surface area contributed by atoms with E-state index in [1.54, 1.807) is 13.8 Å². The first-order chi connectivity index (χ1) is 9.37. The molecule has 0 saturated heterocycles. The standard InChI is InChI=1S/C13H14ClNO5/c1-3-13(4-2,11(14)16)12(17)20-10-7-5-9(6-8-10)15(18)19/h5-8H,3-4H2,1-2H3. The number of carbonyl (C=O) groups is 2. The van der Waals surface area contributed by atoms with Gasteiger partial charge < -0.3 is 4.74 Å². The molecule has 0 aliphatic carbocycles. The molecule has 1 aromatic rings. The van der Waals surface area contributed by atoms with E-state index in [0.29, 0.717) is 0 Å². The third-order valence-electron chi connectivity index (χ3n) is 3.23. The second-order valence-corrected chi connectivity index (χ2v) is 4.55. The number of hydrogen-bond acceptors (Lipinski definition) is 5. The Morgan fingerprint density at radius 3 is 2.10 bits per heavy atom. The number of ether oxygens (including phenoxy) is 1. The summed E-state index contributed by atoms with van der Waals surface area (Å²) in [6.45, 7) is 3.34. The number of hydrogen-bond donors (Lipinski definition) is 0. The summed E-state index contributed by atoms with van der Waals surface area (Å²) in [7, 11) is 0. The molecule has 7 heteroatoms. The minimum Gasteiger partial charge on any atom is -0.426 e. The summed E-state index contributed by atoms with van der Waals surface area (Å²) >= 11 is 5.50. The molecule has 0 N–H and O–H groups in total. The van der Waals surface area contributed by atoms with Gasteiger partial charge in [-0.25, -0.2) is 0 Å². The van der Waals surface area contributed by atoms with Crippen LogP contribution in [-0.4, -0.2) is 16.1 Å². The van der Waals surface area contributed by atoms with Crippen molar-refractivity contribution < 1.29 is 19.2 Å². The van der Waals surface area contributed by atoms with Gasteiger partial charge in [-0.15, -0.1) is 0 Å². The van der Waals surface area contributed by atoms with Gasteiger partial charge >= 0.3 is 5.97 Å². The average molecular weight is 300 g/mol. The van der Waals surface area contributed by atoms with E-state index in [2.05, 4.69) is 0 Å². The van der Waals surface area contributed by atoms with E-state index < -0.39 is 21.6 Å². The van der Waals surface area contributed by atoms with Crippen LogP contribution in [0.5, 0.6) is 5.75 Å². The highest BCUT2D eigenvalue weighted by Crippen LogP contribution is 2.32. The van der Waals surface area contributed by atoms with Gasteiger partial charge in [0.05, 0.1) is 4.92 Å². The van der Waals surface area contributed by atoms with E-state index in [4.69, 9.17) is 16.3 Å². The predicted octanol–water partition coefficient (Wildman–Crippen LogP) is 3.07. The molecule has 0 radical (unpaired) electrons. The summed E-state index contributed by atoms with van der Waals surface area (Å²) in [5, 5.41) is 9.74. The van der Waals surface area contributed by atoms with E-state index in [1.807, 2.05) is 0 Å². The molecule has 0 atom stereocenters. The fourth-order valence-corrected chi connectivity index (χ4v) is 2.08. The van der Waals surface area contributed by atoms with Crippen molar-refractivity contribution in [2.45, 2.75) is 26.7 Å². The molecule has 1 rings (SSSR count). The van der Waals surface area contributed by atoms with Crippen LogP contribution in [0.2, 0.25) is 0 Å². The number of nitro benzene ring substituents is 1. The molecule has 0 fully saturated rings. The maximum atomic E-state index is 12.1. The van der Waals surface area contributed by atoms with Crippen molar-refractivity contribution in [3.05, 3.63) is 34.4 Å². The van der Waals surface area contributed by atoms with Crippen LogP contribution < -0.4 is 4.74 Å². The Kier molecular flexibility index (Phi) is 5.21. The zero-order valence-corrected chi connectivity index (χ0v) is 11.8. The van der Waals surface area contributed by atoms with Crippen molar-refractivity contribution in [3.63, 3.8) is 0 Å². The molecular weight excluding hydrogens is 286 g/mol. The van der Waals surface area contributed by atoms with Gasteiger partial charge in [-0.05, 0) is 36.6 Å². The van der Waals surface area contributed by atoms with E-state index in [0.717, 1.165) is 0 Å². The van der Waals surface area contributed by atoms with Crippen LogP contribution in [0.15, 0.2) is 24.3 Å². The van der Waals surface area contributed by atoms with Crippen LogP contribution in [0, 0.1) is 15.5 Å². The van der Waals surface area contributed by atoms with Crippen molar-refractivity contribution in [1.82, 2.24) is 0 Å². The van der Waals surface area contributed by atoms with Gasteiger partial charge in [0.2, 0.25) is 5.24 Å². The van der Waals surface area contributed by atoms with Crippen LogP contribution in [0.25, 0.3) is 0 Å². The fraction of sp³-hybridized carbons (Fsp3) is 0.385. The minimum absolute atomic E-state index is 0.115. The van der Waals surface area contributed by atoms with Gasteiger partial charge in [0.15, 0.2) is 0 Å².